The molecule has 0 radical (unpaired) electrons. The van der Waals surface area contributed by atoms with Gasteiger partial charge in [0.1, 0.15) is 10.6 Å². The minimum absolute atomic E-state index is 0.375. The van der Waals surface area contributed by atoms with Gasteiger partial charge in [0.15, 0.2) is 0 Å². The normalized spacial score (nSPS) is 11.0. The molecule has 23 heavy (non-hydrogen) atoms. The molecule has 5 heteroatoms. The zero-order valence-corrected chi connectivity index (χ0v) is 14.8. The fourth-order valence-electron chi connectivity index (χ4n) is 2.58. The second kappa shape index (κ2) is 8.13. The Labute approximate surface area is 141 Å². The van der Waals surface area contributed by atoms with Crippen LogP contribution in [-0.2, 0) is 11.3 Å². The molecule has 0 amide bonds. The highest BCUT2D eigenvalue weighted by Gasteiger charge is 2.24. The molecule has 2 aromatic rings. The van der Waals surface area contributed by atoms with Gasteiger partial charge < -0.3 is 15.4 Å². The van der Waals surface area contributed by atoms with Crippen molar-refractivity contribution < 1.29 is 9.53 Å². The Morgan fingerprint density at radius 3 is 2.61 bits per heavy atom. The molecule has 1 aromatic heterocycles. The van der Waals surface area contributed by atoms with Crippen LogP contribution in [0.25, 0.3) is 11.1 Å². The van der Waals surface area contributed by atoms with E-state index in [9.17, 15) is 4.79 Å². The van der Waals surface area contributed by atoms with Crippen molar-refractivity contribution in [1.29, 1.82) is 0 Å². The number of anilines is 1. The fourth-order valence-corrected chi connectivity index (χ4v) is 3.74. The summed E-state index contributed by atoms with van der Waals surface area (Å²) in [4.78, 5) is 15.6. The molecule has 2 rings (SSSR count). The van der Waals surface area contributed by atoms with Crippen molar-refractivity contribution >= 4 is 22.3 Å². The first kappa shape index (κ1) is 17.5. The Bertz CT molecular complexity index is 653. The predicted octanol–water partition coefficient (Wildman–Crippen LogP) is 4.02. The Hall–Kier alpha value is -1.85. The molecule has 124 valence electrons. The van der Waals surface area contributed by atoms with Gasteiger partial charge in [-0.15, -0.1) is 11.3 Å². The molecule has 1 aromatic carbocycles. The minimum Gasteiger partial charge on any atom is -0.465 e. The van der Waals surface area contributed by atoms with Crippen LogP contribution in [-0.4, -0.2) is 31.6 Å². The van der Waals surface area contributed by atoms with Crippen LogP contribution in [0.15, 0.2) is 30.3 Å². The number of nitrogen functional groups attached to an aromatic ring is 1. The molecular weight excluding hydrogens is 308 g/mol. The summed E-state index contributed by atoms with van der Waals surface area (Å²) in [5.41, 5.74) is 8.53. The van der Waals surface area contributed by atoms with Gasteiger partial charge in [0.2, 0.25) is 0 Å². The van der Waals surface area contributed by atoms with E-state index in [4.69, 9.17) is 10.5 Å². The SMILES string of the molecule is CCCCN(C)Cc1sc(N)c(C(=O)OC)c1-c1ccccc1. The monoisotopic (exact) mass is 332 g/mol. The summed E-state index contributed by atoms with van der Waals surface area (Å²) in [6, 6.07) is 9.90. The first-order chi connectivity index (χ1) is 11.1. The lowest BCUT2D eigenvalue weighted by molar-refractivity contribution is 0.0603. The highest BCUT2D eigenvalue weighted by molar-refractivity contribution is 7.17. The first-order valence-electron chi connectivity index (χ1n) is 7.81. The summed E-state index contributed by atoms with van der Waals surface area (Å²) in [6.45, 7) is 3.98. The van der Waals surface area contributed by atoms with Gasteiger partial charge in [-0.05, 0) is 25.6 Å². The van der Waals surface area contributed by atoms with Gasteiger partial charge in [0, 0.05) is 17.0 Å². The summed E-state index contributed by atoms with van der Waals surface area (Å²) >= 11 is 1.48. The quantitative estimate of drug-likeness (QED) is 0.778. The molecular formula is C18H24N2O2S. The lowest BCUT2D eigenvalue weighted by Gasteiger charge is -2.16. The zero-order chi connectivity index (χ0) is 16.8. The third-order valence-corrected chi connectivity index (χ3v) is 4.77. The average Bonchev–Trinajstić information content (AvgIpc) is 2.88. The molecule has 0 fully saturated rings. The first-order valence-corrected chi connectivity index (χ1v) is 8.63. The molecule has 0 aliphatic heterocycles. The van der Waals surface area contributed by atoms with E-state index in [1.165, 1.54) is 18.4 Å². The third-order valence-electron chi connectivity index (χ3n) is 3.77. The van der Waals surface area contributed by atoms with Crippen molar-refractivity contribution in [2.75, 3.05) is 26.4 Å². The van der Waals surface area contributed by atoms with E-state index < -0.39 is 0 Å². The van der Waals surface area contributed by atoms with Crippen molar-refractivity contribution in [2.24, 2.45) is 0 Å². The number of thiophene rings is 1. The summed E-state index contributed by atoms with van der Waals surface area (Å²) in [5, 5.41) is 0.523. The smallest absolute Gasteiger partial charge is 0.341 e. The standard InChI is InChI=1S/C18H24N2O2S/c1-4-5-11-20(2)12-14-15(13-9-7-6-8-10-13)16(17(19)23-14)18(21)22-3/h6-10H,4-5,11-12,19H2,1-3H3. The highest BCUT2D eigenvalue weighted by atomic mass is 32.1. The Balaban J connectivity index is 2.44. The minimum atomic E-state index is -0.375. The lowest BCUT2D eigenvalue weighted by Crippen LogP contribution is -2.18. The van der Waals surface area contributed by atoms with Crippen LogP contribution in [0.3, 0.4) is 0 Å². The number of unbranched alkanes of at least 4 members (excludes halogenated alkanes) is 1. The second-order valence-electron chi connectivity index (χ2n) is 5.59. The number of hydrogen-bond acceptors (Lipinski definition) is 5. The Kier molecular flexibility index (Phi) is 6.19. The lowest BCUT2D eigenvalue weighted by atomic mass is 10.0. The number of carbonyl (C=O) groups is 1. The molecule has 0 unspecified atom stereocenters. The molecule has 0 bridgehead atoms. The van der Waals surface area contributed by atoms with Crippen LogP contribution in [0.4, 0.5) is 5.00 Å². The van der Waals surface area contributed by atoms with Crippen LogP contribution < -0.4 is 5.73 Å². The summed E-state index contributed by atoms with van der Waals surface area (Å²) in [7, 11) is 3.49. The molecule has 0 saturated carbocycles. The van der Waals surface area contributed by atoms with Crippen LogP contribution in [0, 0.1) is 0 Å². The fraction of sp³-hybridized carbons (Fsp3) is 0.389. The number of benzene rings is 1. The molecule has 0 atom stereocenters. The van der Waals surface area contributed by atoms with Gasteiger partial charge in [-0.3, -0.25) is 0 Å². The maximum Gasteiger partial charge on any atom is 0.341 e. The predicted molar refractivity (Wildman–Crippen MR) is 96.7 cm³/mol. The van der Waals surface area contributed by atoms with Gasteiger partial charge in [0.05, 0.1) is 7.11 Å². The van der Waals surface area contributed by atoms with Gasteiger partial charge in [-0.25, -0.2) is 4.79 Å². The highest BCUT2D eigenvalue weighted by Crippen LogP contribution is 2.39. The maximum absolute atomic E-state index is 12.2. The summed E-state index contributed by atoms with van der Waals surface area (Å²) in [5.74, 6) is -0.375. The number of nitrogens with two attached hydrogens (primary N) is 1. The van der Waals surface area contributed by atoms with E-state index in [-0.39, 0.29) is 5.97 Å². The van der Waals surface area contributed by atoms with Gasteiger partial charge >= 0.3 is 5.97 Å². The van der Waals surface area contributed by atoms with Crippen LogP contribution in [0.5, 0.6) is 0 Å². The third kappa shape index (κ3) is 4.12. The molecule has 0 aliphatic rings. The van der Waals surface area contributed by atoms with Crippen molar-refractivity contribution in [1.82, 2.24) is 4.90 Å². The van der Waals surface area contributed by atoms with E-state index in [1.807, 2.05) is 30.3 Å². The van der Waals surface area contributed by atoms with Crippen molar-refractivity contribution in [3.8, 4) is 11.1 Å². The number of rotatable bonds is 7. The Morgan fingerprint density at radius 2 is 2.00 bits per heavy atom. The van der Waals surface area contributed by atoms with E-state index in [2.05, 4.69) is 18.9 Å². The number of carbonyl (C=O) groups excluding carboxylic acids is 1. The summed E-state index contributed by atoms with van der Waals surface area (Å²) in [6.07, 6.45) is 2.32. The van der Waals surface area contributed by atoms with Crippen molar-refractivity contribution in [3.05, 3.63) is 40.8 Å². The molecule has 0 aliphatic carbocycles. The van der Waals surface area contributed by atoms with Crippen molar-refractivity contribution in [2.45, 2.75) is 26.3 Å². The van der Waals surface area contributed by atoms with Gasteiger partial charge in [-0.1, -0.05) is 43.7 Å². The molecule has 0 saturated heterocycles. The van der Waals surface area contributed by atoms with Crippen LogP contribution in [0.2, 0.25) is 0 Å². The molecule has 4 nitrogen and oxygen atoms in total. The van der Waals surface area contributed by atoms with E-state index in [0.717, 1.165) is 41.9 Å². The largest absolute Gasteiger partial charge is 0.465 e. The van der Waals surface area contributed by atoms with Crippen LogP contribution in [0.1, 0.15) is 35.0 Å². The summed E-state index contributed by atoms with van der Waals surface area (Å²) < 4.78 is 4.94. The number of methoxy groups -OCH3 is 1. The number of hydrogen-bond donors (Lipinski definition) is 1. The zero-order valence-electron chi connectivity index (χ0n) is 14.0. The van der Waals surface area contributed by atoms with Gasteiger partial charge in [-0.2, -0.15) is 0 Å². The number of nitrogens with zero attached hydrogens (tertiary/aromatic N) is 1. The molecule has 2 N–H and O–H groups in total. The number of ether oxygens (including phenoxy) is 1. The molecule has 1 heterocycles. The molecule has 0 spiro atoms. The van der Waals surface area contributed by atoms with E-state index >= 15 is 0 Å². The Morgan fingerprint density at radius 1 is 1.30 bits per heavy atom. The van der Waals surface area contributed by atoms with E-state index in [1.54, 1.807) is 0 Å². The second-order valence-corrected chi connectivity index (χ2v) is 6.73. The van der Waals surface area contributed by atoms with E-state index in [0.29, 0.717) is 10.6 Å². The van der Waals surface area contributed by atoms with Gasteiger partial charge in [0.25, 0.3) is 0 Å². The number of esters is 1. The van der Waals surface area contributed by atoms with Crippen LogP contribution >= 0.6 is 11.3 Å². The average molecular weight is 332 g/mol. The topological polar surface area (TPSA) is 55.6 Å². The maximum atomic E-state index is 12.2. The van der Waals surface area contributed by atoms with Crippen molar-refractivity contribution in [3.63, 3.8) is 0 Å².